The molecule has 1 fully saturated rings. The molecule has 1 unspecified atom stereocenters. The van der Waals surface area contributed by atoms with E-state index in [1.165, 1.54) is 6.92 Å². The molecule has 0 saturated carbocycles. The summed E-state index contributed by atoms with van der Waals surface area (Å²) in [6, 6.07) is -0.510. The number of likely N-dealkylation sites (N-methyl/N-ethyl adjacent to an activating group) is 1. The van der Waals surface area contributed by atoms with Crippen molar-refractivity contribution in [3.05, 3.63) is 0 Å². The number of piperazine rings is 1. The minimum atomic E-state index is -0.510. The Morgan fingerprint density at radius 1 is 1.25 bits per heavy atom. The van der Waals surface area contributed by atoms with Gasteiger partial charge < -0.3 is 15.1 Å². The standard InChI is InChI=1S/C13H26N4O2S/c1-11(18)14-12(10-20)13(19)17-8-6-16(7-9-17)5-4-15(2)3/h12,20H,4-10H2,1-3H3,(H,14,18). The zero-order valence-corrected chi connectivity index (χ0v) is 13.5. The molecule has 20 heavy (non-hydrogen) atoms. The third kappa shape index (κ3) is 5.68. The number of nitrogens with one attached hydrogen (secondary N) is 1. The van der Waals surface area contributed by atoms with Crippen LogP contribution in [-0.2, 0) is 9.59 Å². The van der Waals surface area contributed by atoms with Crippen molar-refractivity contribution in [2.75, 3.05) is 59.1 Å². The lowest BCUT2D eigenvalue weighted by Crippen LogP contribution is -2.55. The highest BCUT2D eigenvalue weighted by Crippen LogP contribution is 2.05. The van der Waals surface area contributed by atoms with Crippen LogP contribution < -0.4 is 5.32 Å². The fraction of sp³-hybridized carbons (Fsp3) is 0.846. The zero-order chi connectivity index (χ0) is 15.1. The molecular weight excluding hydrogens is 276 g/mol. The average molecular weight is 302 g/mol. The van der Waals surface area contributed by atoms with E-state index in [1.54, 1.807) is 0 Å². The molecule has 1 aliphatic rings. The van der Waals surface area contributed by atoms with E-state index in [0.717, 1.165) is 39.3 Å². The van der Waals surface area contributed by atoms with Crippen LogP contribution in [0.4, 0.5) is 0 Å². The Balaban J connectivity index is 2.39. The van der Waals surface area contributed by atoms with Gasteiger partial charge in [-0.1, -0.05) is 0 Å². The van der Waals surface area contributed by atoms with E-state index >= 15 is 0 Å². The smallest absolute Gasteiger partial charge is 0.246 e. The summed E-state index contributed by atoms with van der Waals surface area (Å²) in [7, 11) is 4.12. The molecule has 0 aromatic heterocycles. The van der Waals surface area contributed by atoms with Crippen LogP contribution in [-0.4, -0.2) is 91.7 Å². The van der Waals surface area contributed by atoms with Gasteiger partial charge in [-0.05, 0) is 14.1 Å². The van der Waals surface area contributed by atoms with Crippen LogP contribution >= 0.6 is 12.6 Å². The predicted molar refractivity (Wildman–Crippen MR) is 83.0 cm³/mol. The SMILES string of the molecule is CC(=O)NC(CS)C(=O)N1CCN(CCN(C)C)CC1. The number of carbonyl (C=O) groups is 2. The van der Waals surface area contributed by atoms with Crippen molar-refractivity contribution in [2.24, 2.45) is 0 Å². The van der Waals surface area contributed by atoms with E-state index in [1.807, 2.05) is 4.90 Å². The first-order valence-corrected chi connectivity index (χ1v) is 7.61. The second-order valence-corrected chi connectivity index (χ2v) is 5.77. The average Bonchev–Trinajstić information content (AvgIpc) is 2.42. The van der Waals surface area contributed by atoms with E-state index < -0.39 is 6.04 Å². The summed E-state index contributed by atoms with van der Waals surface area (Å²) in [5, 5.41) is 2.65. The maximum Gasteiger partial charge on any atom is 0.246 e. The van der Waals surface area contributed by atoms with Gasteiger partial charge in [-0.2, -0.15) is 12.6 Å². The molecule has 7 heteroatoms. The van der Waals surface area contributed by atoms with Crippen LogP contribution in [0.2, 0.25) is 0 Å². The molecule has 0 bridgehead atoms. The van der Waals surface area contributed by atoms with Crippen molar-refractivity contribution < 1.29 is 9.59 Å². The molecule has 0 aromatic rings. The number of nitrogens with zero attached hydrogens (tertiary/aromatic N) is 3. The van der Waals surface area contributed by atoms with Crippen molar-refractivity contribution in [1.29, 1.82) is 0 Å². The maximum atomic E-state index is 12.3. The van der Waals surface area contributed by atoms with Crippen LogP contribution in [0.3, 0.4) is 0 Å². The van der Waals surface area contributed by atoms with Gasteiger partial charge >= 0.3 is 0 Å². The highest BCUT2D eigenvalue weighted by molar-refractivity contribution is 7.80. The quantitative estimate of drug-likeness (QED) is 0.626. The zero-order valence-electron chi connectivity index (χ0n) is 12.6. The Labute approximate surface area is 126 Å². The fourth-order valence-electron chi connectivity index (χ4n) is 2.18. The van der Waals surface area contributed by atoms with Crippen molar-refractivity contribution in [3.8, 4) is 0 Å². The van der Waals surface area contributed by atoms with Gasteiger partial charge in [0.15, 0.2) is 0 Å². The first-order chi connectivity index (χ1) is 9.43. The summed E-state index contributed by atoms with van der Waals surface area (Å²) < 4.78 is 0. The van der Waals surface area contributed by atoms with Gasteiger partial charge in [0, 0.05) is 51.9 Å². The van der Waals surface area contributed by atoms with Crippen LogP contribution in [0.1, 0.15) is 6.92 Å². The molecule has 2 amide bonds. The van der Waals surface area contributed by atoms with Gasteiger partial charge in [-0.25, -0.2) is 0 Å². The maximum absolute atomic E-state index is 12.3. The van der Waals surface area contributed by atoms with Gasteiger partial charge in [-0.15, -0.1) is 0 Å². The van der Waals surface area contributed by atoms with Crippen molar-refractivity contribution >= 4 is 24.4 Å². The normalized spacial score (nSPS) is 18.1. The molecule has 6 nitrogen and oxygen atoms in total. The third-order valence-corrected chi connectivity index (χ3v) is 3.77. The van der Waals surface area contributed by atoms with E-state index in [-0.39, 0.29) is 11.8 Å². The largest absolute Gasteiger partial charge is 0.344 e. The number of hydrogen-bond donors (Lipinski definition) is 2. The lowest BCUT2D eigenvalue weighted by molar-refractivity contribution is -0.136. The lowest BCUT2D eigenvalue weighted by atomic mass is 10.2. The molecule has 1 saturated heterocycles. The van der Waals surface area contributed by atoms with Crippen LogP contribution in [0.25, 0.3) is 0 Å². The minimum absolute atomic E-state index is 0.0255. The van der Waals surface area contributed by atoms with Gasteiger partial charge in [0.25, 0.3) is 0 Å². The van der Waals surface area contributed by atoms with Gasteiger partial charge in [0.1, 0.15) is 6.04 Å². The molecule has 0 radical (unpaired) electrons. The van der Waals surface area contributed by atoms with E-state index in [9.17, 15) is 9.59 Å². The van der Waals surface area contributed by atoms with Gasteiger partial charge in [0.2, 0.25) is 11.8 Å². The van der Waals surface area contributed by atoms with E-state index in [2.05, 4.69) is 41.8 Å². The van der Waals surface area contributed by atoms with Crippen molar-refractivity contribution in [3.63, 3.8) is 0 Å². The number of amides is 2. The predicted octanol–water partition coefficient (Wildman–Crippen LogP) is -0.873. The molecule has 0 aromatic carbocycles. The van der Waals surface area contributed by atoms with Gasteiger partial charge in [0.05, 0.1) is 0 Å². The molecule has 1 rings (SSSR count). The summed E-state index contributed by atoms with van der Waals surface area (Å²) in [4.78, 5) is 29.7. The van der Waals surface area contributed by atoms with Crippen molar-refractivity contribution in [2.45, 2.75) is 13.0 Å². The summed E-state index contributed by atoms with van der Waals surface area (Å²) in [6.07, 6.45) is 0. The third-order valence-electron chi connectivity index (χ3n) is 3.41. The molecule has 116 valence electrons. The molecule has 0 spiro atoms. The fourth-order valence-corrected chi connectivity index (χ4v) is 2.43. The molecule has 1 atom stereocenters. The second-order valence-electron chi connectivity index (χ2n) is 5.41. The molecular formula is C13H26N4O2S. The molecule has 0 aliphatic carbocycles. The number of rotatable bonds is 6. The highest BCUT2D eigenvalue weighted by atomic mass is 32.1. The Kier molecular flexibility index (Phi) is 7.32. The molecule has 1 aliphatic heterocycles. The van der Waals surface area contributed by atoms with E-state index in [4.69, 9.17) is 0 Å². The number of thiol groups is 1. The Bertz CT molecular complexity index is 330. The topological polar surface area (TPSA) is 55.9 Å². The summed E-state index contributed by atoms with van der Waals surface area (Å²) in [5.74, 6) is 0.115. The van der Waals surface area contributed by atoms with E-state index in [0.29, 0.717) is 5.75 Å². The van der Waals surface area contributed by atoms with Crippen LogP contribution in [0.5, 0.6) is 0 Å². The number of hydrogen-bond acceptors (Lipinski definition) is 5. The summed E-state index contributed by atoms with van der Waals surface area (Å²) in [5.41, 5.74) is 0. The second kappa shape index (κ2) is 8.49. The molecule has 1 N–H and O–H groups in total. The first kappa shape index (κ1) is 17.3. The molecule has 1 heterocycles. The summed E-state index contributed by atoms with van der Waals surface area (Å²) >= 11 is 4.14. The van der Waals surface area contributed by atoms with Crippen molar-refractivity contribution in [1.82, 2.24) is 20.0 Å². The van der Waals surface area contributed by atoms with Crippen LogP contribution in [0.15, 0.2) is 0 Å². The van der Waals surface area contributed by atoms with Crippen LogP contribution in [0, 0.1) is 0 Å². The highest BCUT2D eigenvalue weighted by Gasteiger charge is 2.26. The van der Waals surface area contributed by atoms with Gasteiger partial charge in [-0.3, -0.25) is 14.5 Å². The lowest BCUT2D eigenvalue weighted by Gasteiger charge is -2.36. The summed E-state index contributed by atoms with van der Waals surface area (Å²) in [6.45, 7) is 6.68. The monoisotopic (exact) mass is 302 g/mol. The first-order valence-electron chi connectivity index (χ1n) is 6.98. The minimum Gasteiger partial charge on any atom is -0.344 e. The Morgan fingerprint density at radius 2 is 1.85 bits per heavy atom. The Morgan fingerprint density at radius 3 is 2.30 bits per heavy atom. The Hall–Kier alpha value is -0.790. The number of carbonyl (C=O) groups excluding carboxylic acids is 2.